The average molecular weight is 407 g/mol. The van der Waals surface area contributed by atoms with Crippen LogP contribution >= 0.6 is 27.7 Å². The summed E-state index contributed by atoms with van der Waals surface area (Å²) in [6.07, 6.45) is 1.29. The summed E-state index contributed by atoms with van der Waals surface area (Å²) in [5.41, 5.74) is 0.967. The fourth-order valence-corrected chi connectivity index (χ4v) is 3.30. The van der Waals surface area contributed by atoms with E-state index in [4.69, 9.17) is 4.42 Å². The number of halogens is 1. The number of amides is 4. The molecule has 0 aliphatic carbocycles. The zero-order valence-corrected chi connectivity index (χ0v) is 14.8. The van der Waals surface area contributed by atoms with E-state index in [1.54, 1.807) is 6.07 Å². The lowest BCUT2D eigenvalue weighted by Crippen LogP contribution is -2.51. The fourth-order valence-electron chi connectivity index (χ4n) is 1.97. The molecule has 0 radical (unpaired) electrons. The van der Waals surface area contributed by atoms with E-state index in [2.05, 4.69) is 15.9 Å². The van der Waals surface area contributed by atoms with Crippen LogP contribution in [0.4, 0.5) is 4.79 Å². The molecular weight excluding hydrogens is 396 g/mol. The molecule has 0 atom stereocenters. The average Bonchev–Trinajstić information content (AvgIpc) is 2.85. The summed E-state index contributed by atoms with van der Waals surface area (Å²) in [4.78, 5) is 35.5. The summed E-state index contributed by atoms with van der Waals surface area (Å²) < 4.78 is 6.37. The Labute approximate surface area is 149 Å². The van der Waals surface area contributed by atoms with Crippen LogP contribution in [0, 0.1) is 6.92 Å². The lowest BCUT2D eigenvalue weighted by atomic mass is 10.1. The number of rotatable bonds is 3. The van der Waals surface area contributed by atoms with Gasteiger partial charge in [-0.25, -0.2) is 4.79 Å². The van der Waals surface area contributed by atoms with Crippen LogP contribution < -0.4 is 10.6 Å². The molecule has 1 fully saturated rings. The highest BCUT2D eigenvalue weighted by Crippen LogP contribution is 2.36. The van der Waals surface area contributed by atoms with Gasteiger partial charge in [-0.15, -0.1) is 0 Å². The van der Waals surface area contributed by atoms with Crippen molar-refractivity contribution >= 4 is 51.6 Å². The van der Waals surface area contributed by atoms with Crippen LogP contribution in [0.15, 0.2) is 54.8 Å². The second-order valence-electron chi connectivity index (χ2n) is 4.99. The molecule has 1 aromatic carbocycles. The quantitative estimate of drug-likeness (QED) is 0.603. The highest BCUT2D eigenvalue weighted by molar-refractivity contribution is 9.10. The van der Waals surface area contributed by atoms with Gasteiger partial charge in [0.1, 0.15) is 11.3 Å². The number of urea groups is 1. The van der Waals surface area contributed by atoms with Crippen molar-refractivity contribution in [1.29, 1.82) is 0 Å². The Morgan fingerprint density at radius 1 is 1.08 bits per heavy atom. The summed E-state index contributed by atoms with van der Waals surface area (Å²) in [5, 5.41) is 4.62. The molecule has 6 nitrogen and oxygen atoms in total. The predicted molar refractivity (Wildman–Crippen MR) is 91.4 cm³/mol. The minimum absolute atomic E-state index is 0.192. The number of aryl methyl sites for hydroxylation is 1. The number of hydrogen-bond donors (Lipinski definition) is 2. The Bertz CT molecular complexity index is 849. The summed E-state index contributed by atoms with van der Waals surface area (Å²) >= 11 is 4.80. The lowest BCUT2D eigenvalue weighted by molar-refractivity contribution is -0.123. The van der Waals surface area contributed by atoms with Crippen molar-refractivity contribution in [2.75, 3.05) is 0 Å². The maximum absolute atomic E-state index is 11.7. The molecule has 3 rings (SSSR count). The van der Waals surface area contributed by atoms with Gasteiger partial charge in [-0.3, -0.25) is 20.2 Å². The van der Waals surface area contributed by atoms with Gasteiger partial charge >= 0.3 is 6.03 Å². The largest absolute Gasteiger partial charge is 0.449 e. The van der Waals surface area contributed by atoms with Gasteiger partial charge in [-0.1, -0.05) is 29.5 Å². The van der Waals surface area contributed by atoms with Crippen LogP contribution in [0.3, 0.4) is 0 Å². The normalized spacial score (nSPS) is 14.4. The van der Waals surface area contributed by atoms with Gasteiger partial charge in [-0.2, -0.15) is 0 Å². The van der Waals surface area contributed by atoms with Crippen molar-refractivity contribution in [3.63, 3.8) is 0 Å². The molecule has 122 valence electrons. The topological polar surface area (TPSA) is 88.4 Å². The van der Waals surface area contributed by atoms with Crippen molar-refractivity contribution in [2.45, 2.75) is 16.9 Å². The van der Waals surface area contributed by atoms with Crippen molar-refractivity contribution in [3.05, 3.63) is 51.7 Å². The molecule has 0 saturated carbocycles. The number of imide groups is 2. The van der Waals surface area contributed by atoms with Crippen LogP contribution in [-0.2, 0) is 9.59 Å². The zero-order valence-electron chi connectivity index (χ0n) is 12.4. The molecule has 1 aliphatic heterocycles. The molecular formula is C16H11BrN2O4S. The van der Waals surface area contributed by atoms with E-state index in [-0.39, 0.29) is 5.57 Å². The molecule has 8 heteroatoms. The third kappa shape index (κ3) is 3.60. The van der Waals surface area contributed by atoms with Gasteiger partial charge in [-0.05, 0) is 47.1 Å². The van der Waals surface area contributed by atoms with Crippen molar-refractivity contribution in [1.82, 2.24) is 10.6 Å². The first-order valence-corrected chi connectivity index (χ1v) is 8.45. The molecule has 0 spiro atoms. The Morgan fingerprint density at radius 2 is 1.71 bits per heavy atom. The maximum Gasteiger partial charge on any atom is 0.328 e. The van der Waals surface area contributed by atoms with E-state index in [9.17, 15) is 14.4 Å². The minimum atomic E-state index is -0.835. The molecule has 1 saturated heterocycles. The third-order valence-corrected chi connectivity index (χ3v) is 4.98. The van der Waals surface area contributed by atoms with Crippen molar-refractivity contribution < 1.29 is 18.8 Å². The molecule has 2 heterocycles. The fraction of sp³-hybridized carbons (Fsp3) is 0.0625. The molecule has 24 heavy (non-hydrogen) atoms. The van der Waals surface area contributed by atoms with E-state index < -0.39 is 17.8 Å². The van der Waals surface area contributed by atoms with E-state index in [0.717, 1.165) is 10.5 Å². The molecule has 1 aliphatic rings. The number of benzene rings is 1. The van der Waals surface area contributed by atoms with Crippen LogP contribution in [0.5, 0.6) is 0 Å². The van der Waals surface area contributed by atoms with Crippen LogP contribution in [0.1, 0.15) is 11.3 Å². The summed E-state index contributed by atoms with van der Waals surface area (Å²) in [5.74, 6) is -1.20. The van der Waals surface area contributed by atoms with Gasteiger partial charge < -0.3 is 4.42 Å². The summed E-state index contributed by atoms with van der Waals surface area (Å²) in [6, 6.07) is 8.76. The predicted octanol–water partition coefficient (Wildman–Crippen LogP) is 3.25. The van der Waals surface area contributed by atoms with Crippen LogP contribution in [-0.4, -0.2) is 17.8 Å². The first kappa shape index (κ1) is 16.5. The SMILES string of the molecule is Cc1ccc(Sc2oc(C=C3C(=O)NC(=O)NC3=O)cc2Br)cc1. The van der Waals surface area contributed by atoms with Crippen LogP contribution in [0.2, 0.25) is 0 Å². The van der Waals surface area contributed by atoms with Gasteiger partial charge in [0.25, 0.3) is 11.8 Å². The highest BCUT2D eigenvalue weighted by Gasteiger charge is 2.28. The van der Waals surface area contributed by atoms with E-state index in [0.29, 0.717) is 15.3 Å². The van der Waals surface area contributed by atoms with E-state index in [1.807, 2.05) is 41.8 Å². The highest BCUT2D eigenvalue weighted by atomic mass is 79.9. The first-order valence-electron chi connectivity index (χ1n) is 6.84. The number of hydrogen-bond acceptors (Lipinski definition) is 5. The number of carbonyl (C=O) groups excluding carboxylic acids is 3. The number of furan rings is 1. The molecule has 0 unspecified atom stereocenters. The zero-order chi connectivity index (χ0) is 17.3. The Hall–Kier alpha value is -2.32. The van der Waals surface area contributed by atoms with Gasteiger partial charge in [0.05, 0.1) is 4.47 Å². The number of barbiturate groups is 1. The number of carbonyl (C=O) groups is 3. The first-order chi connectivity index (χ1) is 11.4. The molecule has 0 bridgehead atoms. The van der Waals surface area contributed by atoms with Gasteiger partial charge in [0, 0.05) is 4.90 Å². The molecule has 2 aromatic rings. The minimum Gasteiger partial charge on any atom is -0.449 e. The monoisotopic (exact) mass is 406 g/mol. The van der Waals surface area contributed by atoms with Gasteiger partial charge in [0.15, 0.2) is 5.09 Å². The van der Waals surface area contributed by atoms with Crippen LogP contribution in [0.25, 0.3) is 6.08 Å². The molecule has 2 N–H and O–H groups in total. The van der Waals surface area contributed by atoms with Gasteiger partial charge in [0.2, 0.25) is 0 Å². The van der Waals surface area contributed by atoms with E-state index >= 15 is 0 Å². The molecule has 1 aromatic heterocycles. The lowest BCUT2D eigenvalue weighted by Gasteiger charge is -2.13. The smallest absolute Gasteiger partial charge is 0.328 e. The number of nitrogens with one attached hydrogen (secondary N) is 2. The van der Waals surface area contributed by atoms with Crippen molar-refractivity contribution in [3.8, 4) is 0 Å². The standard InChI is InChI=1S/C16H11BrN2O4S/c1-8-2-4-10(5-3-8)24-15-12(17)7-9(23-15)6-11-13(20)18-16(22)19-14(11)21/h2-7H,1H3,(H2,18,19,20,21,22). The Morgan fingerprint density at radius 3 is 2.33 bits per heavy atom. The summed E-state index contributed by atoms with van der Waals surface area (Å²) in [7, 11) is 0. The third-order valence-electron chi connectivity index (χ3n) is 3.14. The second kappa shape index (κ2) is 6.66. The molecule has 4 amide bonds. The van der Waals surface area contributed by atoms with Crippen molar-refractivity contribution in [2.24, 2.45) is 0 Å². The Kier molecular flexibility index (Phi) is 4.59. The summed E-state index contributed by atoms with van der Waals surface area (Å²) in [6.45, 7) is 2.01. The Balaban J connectivity index is 1.84. The maximum atomic E-state index is 11.7. The second-order valence-corrected chi connectivity index (χ2v) is 6.90. The van der Waals surface area contributed by atoms with E-state index in [1.165, 1.54) is 17.8 Å².